The first-order valence-corrected chi connectivity index (χ1v) is 5.29. The second-order valence-electron chi connectivity index (χ2n) is 4.05. The molecule has 0 heterocycles. The van der Waals surface area contributed by atoms with E-state index in [1.807, 2.05) is 37.1 Å². The summed E-state index contributed by atoms with van der Waals surface area (Å²) in [6.07, 6.45) is -0.504. The van der Waals surface area contributed by atoms with E-state index in [1.165, 1.54) is 0 Å². The number of hydrogen-bond acceptors (Lipinski definition) is 4. The lowest BCUT2D eigenvalue weighted by Gasteiger charge is -2.24. The predicted octanol–water partition coefficient (Wildman–Crippen LogP) is 1.02. The lowest BCUT2D eigenvalue weighted by molar-refractivity contribution is 0.0695. The number of benzene rings is 1. The molecule has 0 aliphatic rings. The Morgan fingerprint density at radius 3 is 2.75 bits per heavy atom. The molecule has 0 radical (unpaired) electrons. The van der Waals surface area contributed by atoms with Crippen LogP contribution in [0.25, 0.3) is 0 Å². The molecule has 0 aliphatic heterocycles. The first kappa shape index (κ1) is 12.8. The van der Waals surface area contributed by atoms with Crippen LogP contribution in [-0.4, -0.2) is 38.5 Å². The number of hydrogen-bond donors (Lipinski definition) is 2. The molecule has 4 nitrogen and oxygen atoms in total. The third kappa shape index (κ3) is 3.40. The summed E-state index contributed by atoms with van der Waals surface area (Å²) in [6, 6.07) is 5.89. The van der Waals surface area contributed by atoms with Crippen LogP contribution in [0.3, 0.4) is 0 Å². The fourth-order valence-electron chi connectivity index (χ4n) is 1.68. The predicted molar refractivity (Wildman–Crippen MR) is 66.7 cm³/mol. The van der Waals surface area contributed by atoms with Gasteiger partial charge in [-0.1, -0.05) is 6.07 Å². The van der Waals surface area contributed by atoms with Gasteiger partial charge < -0.3 is 20.5 Å². The van der Waals surface area contributed by atoms with Gasteiger partial charge in [0.05, 0.1) is 24.1 Å². The third-order valence-corrected chi connectivity index (χ3v) is 2.44. The maximum Gasteiger partial charge on any atom is 0.0947 e. The van der Waals surface area contributed by atoms with Crippen LogP contribution in [-0.2, 0) is 4.74 Å². The number of likely N-dealkylation sites (N-methyl/N-ethyl adjacent to an activating group) is 1. The molecule has 1 aromatic rings. The topological polar surface area (TPSA) is 58.7 Å². The number of nitrogen functional groups attached to an aromatic ring is 1. The van der Waals surface area contributed by atoms with Gasteiger partial charge >= 0.3 is 0 Å². The van der Waals surface area contributed by atoms with Crippen molar-refractivity contribution in [1.82, 2.24) is 0 Å². The van der Waals surface area contributed by atoms with Gasteiger partial charge in [-0.15, -0.1) is 0 Å². The molecule has 1 atom stereocenters. The monoisotopic (exact) mass is 224 g/mol. The fourth-order valence-corrected chi connectivity index (χ4v) is 1.68. The van der Waals surface area contributed by atoms with Gasteiger partial charge in [0.2, 0.25) is 0 Å². The molecule has 4 heteroatoms. The Morgan fingerprint density at radius 2 is 2.19 bits per heavy atom. The quantitative estimate of drug-likeness (QED) is 0.733. The van der Waals surface area contributed by atoms with Crippen LogP contribution < -0.4 is 10.6 Å². The van der Waals surface area contributed by atoms with Gasteiger partial charge in [0.1, 0.15) is 0 Å². The van der Waals surface area contributed by atoms with Crippen LogP contribution in [0.1, 0.15) is 5.56 Å². The van der Waals surface area contributed by atoms with Gasteiger partial charge in [-0.3, -0.25) is 0 Å². The Morgan fingerprint density at radius 1 is 1.50 bits per heavy atom. The van der Waals surface area contributed by atoms with Crippen molar-refractivity contribution in [2.45, 2.75) is 13.0 Å². The summed E-state index contributed by atoms with van der Waals surface area (Å²) >= 11 is 0. The van der Waals surface area contributed by atoms with E-state index >= 15 is 0 Å². The average molecular weight is 224 g/mol. The largest absolute Gasteiger partial charge is 0.397 e. The minimum atomic E-state index is -0.504. The zero-order valence-corrected chi connectivity index (χ0v) is 10.1. The molecule has 0 saturated heterocycles. The van der Waals surface area contributed by atoms with E-state index < -0.39 is 6.10 Å². The van der Waals surface area contributed by atoms with Gasteiger partial charge in [-0.2, -0.15) is 0 Å². The van der Waals surface area contributed by atoms with Crippen molar-refractivity contribution in [2.24, 2.45) is 0 Å². The Hall–Kier alpha value is -1.26. The normalized spacial score (nSPS) is 12.5. The number of aliphatic hydroxyl groups excluding tert-OH is 1. The minimum absolute atomic E-state index is 0.329. The van der Waals surface area contributed by atoms with E-state index in [0.717, 1.165) is 16.9 Å². The summed E-state index contributed by atoms with van der Waals surface area (Å²) in [4.78, 5) is 1.93. The first-order chi connectivity index (χ1) is 7.54. The molecule has 1 aromatic carbocycles. The molecule has 0 aliphatic carbocycles. The smallest absolute Gasteiger partial charge is 0.0947 e. The van der Waals surface area contributed by atoms with Gasteiger partial charge in [0.25, 0.3) is 0 Å². The molecular weight excluding hydrogens is 204 g/mol. The molecule has 0 amide bonds. The zero-order chi connectivity index (χ0) is 12.1. The third-order valence-electron chi connectivity index (χ3n) is 2.44. The lowest BCUT2D eigenvalue weighted by Crippen LogP contribution is -2.32. The first-order valence-electron chi connectivity index (χ1n) is 5.29. The molecule has 90 valence electrons. The molecule has 16 heavy (non-hydrogen) atoms. The van der Waals surface area contributed by atoms with Crippen LogP contribution in [0.2, 0.25) is 0 Å². The van der Waals surface area contributed by atoms with E-state index in [2.05, 4.69) is 0 Å². The maximum atomic E-state index is 9.62. The van der Waals surface area contributed by atoms with Crippen LogP contribution in [0.4, 0.5) is 11.4 Å². The molecule has 3 N–H and O–H groups in total. The van der Waals surface area contributed by atoms with Crippen LogP contribution in [0.15, 0.2) is 18.2 Å². The number of methoxy groups -OCH3 is 1. The zero-order valence-electron chi connectivity index (χ0n) is 10.1. The maximum absolute atomic E-state index is 9.62. The number of nitrogens with two attached hydrogens (primary N) is 1. The van der Waals surface area contributed by atoms with Crippen molar-refractivity contribution < 1.29 is 9.84 Å². The SMILES string of the molecule is COCC(O)CN(C)c1ccc(C)cc1N. The summed E-state index contributed by atoms with van der Waals surface area (Å²) in [6.45, 7) is 2.83. The second-order valence-corrected chi connectivity index (χ2v) is 4.05. The summed E-state index contributed by atoms with van der Waals surface area (Å²) in [5.41, 5.74) is 8.71. The van der Waals surface area contributed by atoms with Gasteiger partial charge in [-0.25, -0.2) is 0 Å². The second kappa shape index (κ2) is 5.72. The Kier molecular flexibility index (Phi) is 4.58. The Labute approximate surface area is 96.6 Å². The molecule has 0 spiro atoms. The molecule has 1 rings (SSSR count). The Balaban J connectivity index is 2.69. The molecule has 0 fully saturated rings. The molecule has 0 bridgehead atoms. The van der Waals surface area contributed by atoms with E-state index in [9.17, 15) is 5.11 Å². The summed E-state index contributed by atoms with van der Waals surface area (Å²) in [5, 5.41) is 9.62. The minimum Gasteiger partial charge on any atom is -0.397 e. The van der Waals surface area contributed by atoms with Crippen molar-refractivity contribution in [2.75, 3.05) is 37.9 Å². The van der Waals surface area contributed by atoms with Crippen molar-refractivity contribution in [3.05, 3.63) is 23.8 Å². The molecular formula is C12H20N2O2. The van der Waals surface area contributed by atoms with Crippen LogP contribution >= 0.6 is 0 Å². The summed E-state index contributed by atoms with van der Waals surface area (Å²) in [5.74, 6) is 0. The standard InChI is InChI=1S/C12H20N2O2/c1-9-4-5-12(11(13)6-9)14(2)7-10(15)8-16-3/h4-6,10,15H,7-8,13H2,1-3H3. The van der Waals surface area contributed by atoms with Crippen LogP contribution in [0, 0.1) is 6.92 Å². The molecule has 0 saturated carbocycles. The van der Waals surface area contributed by atoms with Crippen molar-refractivity contribution >= 4 is 11.4 Å². The van der Waals surface area contributed by atoms with E-state index in [1.54, 1.807) is 7.11 Å². The van der Waals surface area contributed by atoms with Crippen molar-refractivity contribution in [1.29, 1.82) is 0 Å². The summed E-state index contributed by atoms with van der Waals surface area (Å²) < 4.78 is 4.88. The van der Waals surface area contributed by atoms with Crippen molar-refractivity contribution in [3.63, 3.8) is 0 Å². The highest BCUT2D eigenvalue weighted by Crippen LogP contribution is 2.23. The van der Waals surface area contributed by atoms with Crippen molar-refractivity contribution in [3.8, 4) is 0 Å². The number of nitrogens with zero attached hydrogens (tertiary/aromatic N) is 1. The molecule has 1 unspecified atom stereocenters. The molecule has 0 aromatic heterocycles. The van der Waals surface area contributed by atoms with Gasteiger partial charge in [0, 0.05) is 20.7 Å². The average Bonchev–Trinajstić information content (AvgIpc) is 2.17. The van der Waals surface area contributed by atoms with Crippen LogP contribution in [0.5, 0.6) is 0 Å². The Bertz CT molecular complexity index is 342. The van der Waals surface area contributed by atoms with E-state index in [0.29, 0.717) is 13.2 Å². The highest BCUT2D eigenvalue weighted by atomic mass is 16.5. The highest BCUT2D eigenvalue weighted by Gasteiger charge is 2.10. The van der Waals surface area contributed by atoms with Gasteiger partial charge in [0.15, 0.2) is 0 Å². The summed E-state index contributed by atoms with van der Waals surface area (Å²) in [7, 11) is 3.48. The number of ether oxygens (including phenoxy) is 1. The lowest BCUT2D eigenvalue weighted by atomic mass is 10.2. The van der Waals surface area contributed by atoms with Gasteiger partial charge in [-0.05, 0) is 24.6 Å². The number of anilines is 2. The number of aryl methyl sites for hydroxylation is 1. The fraction of sp³-hybridized carbons (Fsp3) is 0.500. The van der Waals surface area contributed by atoms with E-state index in [4.69, 9.17) is 10.5 Å². The number of rotatable bonds is 5. The number of aliphatic hydroxyl groups is 1. The van der Waals surface area contributed by atoms with E-state index in [-0.39, 0.29) is 0 Å². The highest BCUT2D eigenvalue weighted by molar-refractivity contribution is 5.68.